The number of anilines is 1. The van der Waals surface area contributed by atoms with Gasteiger partial charge in [0.15, 0.2) is 0 Å². The van der Waals surface area contributed by atoms with Crippen LogP contribution in [0.5, 0.6) is 5.75 Å². The number of ether oxygens (including phenoxy) is 1. The molecule has 3 rings (SSSR count). The second-order valence-electron chi connectivity index (χ2n) is 7.20. The van der Waals surface area contributed by atoms with Crippen molar-refractivity contribution in [3.8, 4) is 5.75 Å². The molecule has 0 unspecified atom stereocenters. The number of carbonyl (C=O) groups is 1. The maximum atomic E-state index is 12.1. The van der Waals surface area contributed by atoms with E-state index in [1.54, 1.807) is 0 Å². The zero-order valence-electron chi connectivity index (χ0n) is 15.5. The van der Waals surface area contributed by atoms with Crippen molar-refractivity contribution in [2.24, 2.45) is 5.92 Å². The molecule has 1 saturated carbocycles. The molecular formula is C23H29NO2. The summed E-state index contributed by atoms with van der Waals surface area (Å²) in [6.07, 6.45) is 9.27. The standard InChI is InChI=1S/C23H29NO2/c25-23(16-11-19-7-3-1-4-8-19)24-21-12-14-22(15-13-21)26-18-17-20-9-5-2-6-10-20/h1,3-4,7-8,12-15,20H,2,5-6,9-11,16-18H2,(H,24,25). The number of hydrogen-bond donors (Lipinski definition) is 1. The number of carbonyl (C=O) groups excluding carboxylic acids is 1. The molecule has 0 heterocycles. The first-order chi connectivity index (χ1) is 12.8. The van der Waals surface area contributed by atoms with Crippen LogP contribution in [0.15, 0.2) is 54.6 Å². The summed E-state index contributed by atoms with van der Waals surface area (Å²) in [7, 11) is 0. The Bertz CT molecular complexity index is 660. The number of hydrogen-bond acceptors (Lipinski definition) is 2. The molecule has 3 heteroatoms. The van der Waals surface area contributed by atoms with Gasteiger partial charge in [-0.05, 0) is 48.6 Å². The molecule has 3 nitrogen and oxygen atoms in total. The van der Waals surface area contributed by atoms with Crippen molar-refractivity contribution < 1.29 is 9.53 Å². The molecule has 0 bridgehead atoms. The molecule has 138 valence electrons. The van der Waals surface area contributed by atoms with Crippen molar-refractivity contribution in [3.05, 3.63) is 60.2 Å². The number of amides is 1. The van der Waals surface area contributed by atoms with E-state index in [1.165, 1.54) is 37.7 Å². The summed E-state index contributed by atoms with van der Waals surface area (Å²) in [6.45, 7) is 0.785. The normalized spacial score (nSPS) is 14.8. The van der Waals surface area contributed by atoms with Crippen LogP contribution in [0.25, 0.3) is 0 Å². The lowest BCUT2D eigenvalue weighted by molar-refractivity contribution is -0.116. The fourth-order valence-electron chi connectivity index (χ4n) is 3.58. The minimum Gasteiger partial charge on any atom is -0.494 e. The van der Waals surface area contributed by atoms with Gasteiger partial charge in [-0.15, -0.1) is 0 Å². The number of rotatable bonds is 8. The Morgan fingerprint density at radius 2 is 1.69 bits per heavy atom. The highest BCUT2D eigenvalue weighted by molar-refractivity contribution is 5.90. The quantitative estimate of drug-likeness (QED) is 0.671. The van der Waals surface area contributed by atoms with Crippen molar-refractivity contribution >= 4 is 11.6 Å². The van der Waals surface area contributed by atoms with Gasteiger partial charge in [0.1, 0.15) is 5.75 Å². The molecule has 0 aliphatic heterocycles. The van der Waals surface area contributed by atoms with Gasteiger partial charge in [0.2, 0.25) is 5.91 Å². The monoisotopic (exact) mass is 351 g/mol. The molecular weight excluding hydrogens is 322 g/mol. The summed E-state index contributed by atoms with van der Waals surface area (Å²) in [5, 5.41) is 2.95. The van der Waals surface area contributed by atoms with Gasteiger partial charge >= 0.3 is 0 Å². The SMILES string of the molecule is O=C(CCc1ccccc1)Nc1ccc(OCCC2CCCCC2)cc1. The summed E-state index contributed by atoms with van der Waals surface area (Å²) in [4.78, 5) is 12.1. The Morgan fingerprint density at radius 1 is 0.962 bits per heavy atom. The van der Waals surface area contributed by atoms with Gasteiger partial charge in [0.25, 0.3) is 0 Å². The first kappa shape index (κ1) is 18.5. The zero-order chi connectivity index (χ0) is 18.0. The second kappa shape index (κ2) is 10.0. The van der Waals surface area contributed by atoms with Crippen LogP contribution in [0.2, 0.25) is 0 Å². The minimum atomic E-state index is 0.0415. The summed E-state index contributed by atoms with van der Waals surface area (Å²) in [5.74, 6) is 1.76. The molecule has 0 radical (unpaired) electrons. The van der Waals surface area contributed by atoms with Gasteiger partial charge < -0.3 is 10.1 Å². The predicted molar refractivity (Wildman–Crippen MR) is 107 cm³/mol. The van der Waals surface area contributed by atoms with Crippen LogP contribution < -0.4 is 10.1 Å². The topological polar surface area (TPSA) is 38.3 Å². The summed E-state index contributed by atoms with van der Waals surface area (Å²) in [6, 6.07) is 17.8. The molecule has 0 saturated heterocycles. The summed E-state index contributed by atoms with van der Waals surface area (Å²) < 4.78 is 5.86. The van der Waals surface area contributed by atoms with Gasteiger partial charge in [-0.2, -0.15) is 0 Å². The van der Waals surface area contributed by atoms with Crippen molar-refractivity contribution in [2.75, 3.05) is 11.9 Å². The van der Waals surface area contributed by atoms with E-state index < -0.39 is 0 Å². The van der Waals surface area contributed by atoms with E-state index in [9.17, 15) is 4.79 Å². The maximum Gasteiger partial charge on any atom is 0.224 e. The molecule has 0 aromatic heterocycles. The van der Waals surface area contributed by atoms with E-state index in [1.807, 2.05) is 54.6 Å². The van der Waals surface area contributed by atoms with Gasteiger partial charge in [-0.25, -0.2) is 0 Å². The van der Waals surface area contributed by atoms with Crippen molar-refractivity contribution in [1.29, 1.82) is 0 Å². The van der Waals surface area contributed by atoms with Crippen LogP contribution in [-0.2, 0) is 11.2 Å². The third-order valence-electron chi connectivity index (χ3n) is 5.14. The summed E-state index contributed by atoms with van der Waals surface area (Å²) >= 11 is 0. The lowest BCUT2D eigenvalue weighted by atomic mass is 9.87. The van der Waals surface area contributed by atoms with Crippen molar-refractivity contribution in [2.45, 2.75) is 51.4 Å². The van der Waals surface area contributed by atoms with E-state index in [4.69, 9.17) is 4.74 Å². The van der Waals surface area contributed by atoms with Crippen LogP contribution in [0.4, 0.5) is 5.69 Å². The van der Waals surface area contributed by atoms with E-state index in [0.29, 0.717) is 6.42 Å². The van der Waals surface area contributed by atoms with Crippen LogP contribution in [-0.4, -0.2) is 12.5 Å². The number of benzene rings is 2. The molecule has 1 aliphatic carbocycles. The van der Waals surface area contributed by atoms with E-state index in [-0.39, 0.29) is 5.91 Å². The first-order valence-electron chi connectivity index (χ1n) is 9.86. The molecule has 0 spiro atoms. The molecule has 1 N–H and O–H groups in total. The highest BCUT2D eigenvalue weighted by Crippen LogP contribution is 2.26. The molecule has 2 aromatic rings. The molecule has 1 fully saturated rings. The molecule has 1 aliphatic rings. The Kier molecular flexibility index (Phi) is 7.12. The van der Waals surface area contributed by atoms with Crippen LogP contribution in [0, 0.1) is 5.92 Å². The van der Waals surface area contributed by atoms with Crippen molar-refractivity contribution in [1.82, 2.24) is 0 Å². The van der Waals surface area contributed by atoms with Gasteiger partial charge in [0, 0.05) is 12.1 Å². The fraction of sp³-hybridized carbons (Fsp3) is 0.435. The Balaban J connectivity index is 1.37. The summed E-state index contributed by atoms with van der Waals surface area (Å²) in [5.41, 5.74) is 2.01. The fourth-order valence-corrected chi connectivity index (χ4v) is 3.58. The Labute approximate surface area is 156 Å². The average Bonchev–Trinajstić information content (AvgIpc) is 2.69. The number of nitrogens with one attached hydrogen (secondary N) is 1. The molecule has 2 aromatic carbocycles. The highest BCUT2D eigenvalue weighted by Gasteiger charge is 2.13. The maximum absolute atomic E-state index is 12.1. The molecule has 1 amide bonds. The largest absolute Gasteiger partial charge is 0.494 e. The van der Waals surface area contributed by atoms with Crippen molar-refractivity contribution in [3.63, 3.8) is 0 Å². The van der Waals surface area contributed by atoms with Gasteiger partial charge in [0.05, 0.1) is 6.61 Å². The lowest BCUT2D eigenvalue weighted by Crippen LogP contribution is -2.12. The molecule has 26 heavy (non-hydrogen) atoms. The average molecular weight is 351 g/mol. The Morgan fingerprint density at radius 3 is 2.42 bits per heavy atom. The van der Waals surface area contributed by atoms with Gasteiger partial charge in [-0.1, -0.05) is 62.4 Å². The van der Waals surface area contributed by atoms with E-state index in [0.717, 1.165) is 36.8 Å². The third kappa shape index (κ3) is 6.21. The van der Waals surface area contributed by atoms with Crippen LogP contribution in [0.3, 0.4) is 0 Å². The molecule has 0 atom stereocenters. The van der Waals surface area contributed by atoms with E-state index >= 15 is 0 Å². The van der Waals surface area contributed by atoms with Crippen LogP contribution in [0.1, 0.15) is 50.5 Å². The second-order valence-corrected chi connectivity index (χ2v) is 7.20. The Hall–Kier alpha value is -2.29. The van der Waals surface area contributed by atoms with Crippen LogP contribution >= 0.6 is 0 Å². The lowest BCUT2D eigenvalue weighted by Gasteiger charge is -2.21. The third-order valence-corrected chi connectivity index (χ3v) is 5.14. The predicted octanol–water partition coefficient (Wildman–Crippen LogP) is 5.61. The van der Waals surface area contributed by atoms with E-state index in [2.05, 4.69) is 5.32 Å². The first-order valence-corrected chi connectivity index (χ1v) is 9.86. The van der Waals surface area contributed by atoms with Gasteiger partial charge in [-0.3, -0.25) is 4.79 Å². The number of aryl methyl sites for hydroxylation is 1. The minimum absolute atomic E-state index is 0.0415. The zero-order valence-corrected chi connectivity index (χ0v) is 15.5. The smallest absolute Gasteiger partial charge is 0.224 e. The highest BCUT2D eigenvalue weighted by atomic mass is 16.5.